The van der Waals surface area contributed by atoms with Gasteiger partial charge in [-0.3, -0.25) is 28.8 Å². The van der Waals surface area contributed by atoms with Crippen molar-refractivity contribution >= 4 is 79.6 Å². The summed E-state index contributed by atoms with van der Waals surface area (Å²) in [5.74, 6) is 2.93. The van der Waals surface area contributed by atoms with Gasteiger partial charge in [-0.1, -0.05) is 128 Å². The second kappa shape index (κ2) is 72.8. The first kappa shape index (κ1) is 119. The van der Waals surface area contributed by atoms with Gasteiger partial charge in [-0.25, -0.2) is 9.97 Å². The minimum atomic E-state index is -0.455. The van der Waals surface area contributed by atoms with Crippen molar-refractivity contribution in [2.45, 2.75) is 230 Å². The number of hydrogen-bond donors (Lipinski definition) is 5. The van der Waals surface area contributed by atoms with Crippen LogP contribution in [0.25, 0.3) is 12.2 Å². The lowest BCUT2D eigenvalue weighted by Crippen LogP contribution is -2.29. The molecule has 8 rings (SSSR count). The molecule has 30 heteroatoms. The molecule has 2 aromatic heterocycles. The number of benzene rings is 6. The molecule has 8 aromatic rings. The molecule has 0 saturated heterocycles. The number of aromatic hydroxyl groups is 1. The van der Waals surface area contributed by atoms with Crippen molar-refractivity contribution in [3.8, 4) is 52.7 Å². The zero-order valence-corrected chi connectivity index (χ0v) is 84.4. The highest BCUT2D eigenvalue weighted by Crippen LogP contribution is 2.28. The predicted molar refractivity (Wildman–Crippen MR) is 535 cm³/mol. The highest BCUT2D eigenvalue weighted by atomic mass is 79.9. The Morgan fingerprint density at radius 3 is 1.03 bits per heavy atom. The number of halogens is 2. The number of nitriles is 3. The minimum Gasteiger partial charge on any atom is -0.508 e. The maximum Gasteiger partial charge on any atom is 0.262 e. The summed E-state index contributed by atoms with van der Waals surface area (Å²) in [6.07, 6.45) is 12.4. The molecule has 28 nitrogen and oxygen atoms in total. The van der Waals surface area contributed by atoms with Crippen molar-refractivity contribution < 1.29 is 90.7 Å². The number of carbonyl (C=O) groups excluding carboxylic acids is 6. The molecule has 2 heterocycles. The number of nitrogens with one attached hydrogen (secondary N) is 3. The first-order valence-electron chi connectivity index (χ1n) is 46.6. The summed E-state index contributed by atoms with van der Waals surface area (Å²) in [6.45, 7) is 33.4. The van der Waals surface area contributed by atoms with Gasteiger partial charge >= 0.3 is 0 Å². The van der Waals surface area contributed by atoms with Crippen molar-refractivity contribution in [2.75, 3.05) is 79.3 Å². The molecule has 0 aliphatic rings. The van der Waals surface area contributed by atoms with Crippen LogP contribution in [0.3, 0.4) is 0 Å². The third-order valence-corrected chi connectivity index (χ3v) is 20.2. The van der Waals surface area contributed by atoms with Crippen LogP contribution in [0.1, 0.15) is 259 Å². The van der Waals surface area contributed by atoms with Crippen LogP contribution in [0.15, 0.2) is 202 Å². The number of amides is 3. The van der Waals surface area contributed by atoms with Crippen LogP contribution >= 0.6 is 31.9 Å². The Labute approximate surface area is 821 Å². The summed E-state index contributed by atoms with van der Waals surface area (Å²) >= 11 is 6.56. The molecule has 0 spiro atoms. The molecular formula is C106H139Br2N9O19. The fourth-order valence-corrected chi connectivity index (χ4v) is 13.5. The van der Waals surface area contributed by atoms with E-state index in [0.717, 1.165) is 97.1 Å². The quantitative estimate of drug-likeness (QED) is 0.00590. The van der Waals surface area contributed by atoms with E-state index in [1.165, 1.54) is 24.3 Å². The van der Waals surface area contributed by atoms with E-state index in [2.05, 4.69) is 78.5 Å². The molecule has 736 valence electrons. The van der Waals surface area contributed by atoms with Crippen molar-refractivity contribution in [2.24, 2.45) is 5.73 Å². The minimum absolute atomic E-state index is 0.00552. The monoisotopic (exact) mass is 2000 g/mol. The zero-order chi connectivity index (χ0) is 100. The number of aromatic nitrogens is 2. The number of carbonyl (C=O) groups is 6. The fraction of sp³-hybridized carbons (Fsp3) is 0.443. The number of pyridine rings is 2. The highest BCUT2D eigenvalue weighted by molar-refractivity contribution is 9.10. The van der Waals surface area contributed by atoms with Gasteiger partial charge in [-0.2, -0.15) is 15.8 Å². The third kappa shape index (κ3) is 49.8. The Hall–Kier alpha value is -11.6. The van der Waals surface area contributed by atoms with E-state index in [4.69, 9.17) is 72.9 Å². The lowest BCUT2D eigenvalue weighted by molar-refractivity contribution is -0.152. The molecule has 3 amide bonds. The zero-order valence-electron chi connectivity index (χ0n) is 81.2. The molecule has 6 N–H and O–H groups in total. The fourth-order valence-electron chi connectivity index (χ4n) is 12.7. The Balaban J connectivity index is 0.000000428. The Bertz CT molecular complexity index is 4860. The average molecular weight is 2000 g/mol. The Kier molecular flexibility index (Phi) is 63.5. The van der Waals surface area contributed by atoms with E-state index in [0.29, 0.717) is 142 Å². The van der Waals surface area contributed by atoms with Gasteiger partial charge in [0.15, 0.2) is 36.7 Å². The van der Waals surface area contributed by atoms with Gasteiger partial charge in [-0.05, 0) is 282 Å². The summed E-state index contributed by atoms with van der Waals surface area (Å²) in [5, 5.41) is 45.2. The number of aldehydes is 1. The Morgan fingerprint density at radius 1 is 0.404 bits per heavy atom. The van der Waals surface area contributed by atoms with E-state index < -0.39 is 11.8 Å². The van der Waals surface area contributed by atoms with E-state index in [9.17, 15) is 39.3 Å². The molecule has 6 aromatic carbocycles. The lowest BCUT2D eigenvalue weighted by atomic mass is 10.0. The molecule has 0 bridgehead atoms. The molecule has 0 aliphatic heterocycles. The molecule has 5 atom stereocenters. The van der Waals surface area contributed by atoms with Gasteiger partial charge in [0, 0.05) is 76.3 Å². The molecule has 0 radical (unpaired) electrons. The van der Waals surface area contributed by atoms with Crippen LogP contribution in [-0.2, 0) is 52.3 Å². The van der Waals surface area contributed by atoms with Crippen molar-refractivity contribution in [3.63, 3.8) is 0 Å². The molecule has 0 aliphatic carbocycles. The molecule has 5 unspecified atom stereocenters. The predicted octanol–water partition coefficient (Wildman–Crippen LogP) is 21.6. The first-order chi connectivity index (χ1) is 65.8. The number of rotatable bonds is 55. The Morgan fingerprint density at radius 2 is 0.721 bits per heavy atom. The summed E-state index contributed by atoms with van der Waals surface area (Å²) in [5.41, 5.74) is 12.5. The van der Waals surface area contributed by atoms with Gasteiger partial charge in [0.2, 0.25) is 5.91 Å². The van der Waals surface area contributed by atoms with E-state index in [1.54, 1.807) is 84.9 Å². The van der Waals surface area contributed by atoms with Crippen LogP contribution in [0, 0.1) is 34.0 Å². The molecule has 0 fully saturated rings. The largest absolute Gasteiger partial charge is 0.508 e. The first-order valence-corrected chi connectivity index (χ1v) is 48.2. The van der Waals surface area contributed by atoms with Crippen LogP contribution in [0.5, 0.6) is 34.5 Å². The highest BCUT2D eigenvalue weighted by Gasteiger charge is 2.22. The van der Waals surface area contributed by atoms with Gasteiger partial charge in [0.25, 0.3) is 11.8 Å². The van der Waals surface area contributed by atoms with E-state index in [1.807, 2.05) is 179 Å². The number of phenolic OH excluding ortho intramolecular Hbond substituents is 1. The lowest BCUT2D eigenvalue weighted by Gasteiger charge is -2.19. The van der Waals surface area contributed by atoms with E-state index >= 15 is 0 Å². The van der Waals surface area contributed by atoms with Crippen LogP contribution in [-0.4, -0.2) is 155 Å². The van der Waals surface area contributed by atoms with Crippen LogP contribution < -0.4 is 45.4 Å². The van der Waals surface area contributed by atoms with Gasteiger partial charge < -0.3 is 83.6 Å². The number of phenols is 1. The third-order valence-electron chi connectivity index (χ3n) is 19.3. The summed E-state index contributed by atoms with van der Waals surface area (Å²) < 4.78 is 67.3. The van der Waals surface area contributed by atoms with Gasteiger partial charge in [0.1, 0.15) is 106 Å². The molecule has 0 saturated carbocycles. The number of nitrogens with two attached hydrogens (primary N) is 1. The molecule has 136 heavy (non-hydrogen) atoms. The van der Waals surface area contributed by atoms with E-state index in [-0.39, 0.29) is 96.5 Å². The molecular weight excluding hydrogens is 1860 g/mol. The number of hydrogen-bond acceptors (Lipinski definition) is 25. The van der Waals surface area contributed by atoms with Crippen LogP contribution in [0.2, 0.25) is 0 Å². The number of Topliss-reactive ketones (excluding diaryl/α,β-unsaturated/α-hetero) is 2. The standard InChI is InChI=1S/C24H28BrN3O3.C21H20BrN3O3.C19H28N2O4.C16H27NO3.C16H24O4.C10H12O2/c1-4-7-22(18-10-12-21(13-11-18)31-16-17(3)30-5-2)28-24(29)19(15-26)14-20-8-6-9-23(25)27-20;1-2-4-19(15-7-9-18(10-8-15)28-12-11-26)25-21(27)16(14-23)13-17-5-3-6-20(22)24-17;1-4-7-17(21-18(22)12-13-20)15-8-10-16(11-9-15)25-14-19(23-5-2)24-6-3;2*1-4-7-15(17)13-8-10-14(11-9-13)20-12-16(18-5-2)19-6-3;1-2-3-10(12)8-4-6-9(11)7-5-8/h6,8-14,17,22H,4-5,7,16H2,1-3H3,(H,28,29);3,5-11,13,19H,2,4,12H2,1H3,(H,25,27);8-11,17,19H,4-7,12,14H2,1-3H3,(H,21,22);8-11,15-16H,4-7,12,17H2,1-3H3;8-11,16H,4-7,12H2,1-3H3;4-7,11H,2-3H2,1H3/b19-14+;16-13+;;;;. The van der Waals surface area contributed by atoms with Crippen molar-refractivity contribution in [1.29, 1.82) is 15.8 Å². The summed E-state index contributed by atoms with van der Waals surface area (Å²) in [4.78, 5) is 78.9. The number of ketones is 2. The van der Waals surface area contributed by atoms with Gasteiger partial charge in [-0.15, -0.1) is 0 Å². The summed E-state index contributed by atoms with van der Waals surface area (Å²) in [7, 11) is 0. The van der Waals surface area contributed by atoms with Crippen molar-refractivity contribution in [1.82, 2.24) is 25.9 Å². The second-order valence-corrected chi connectivity index (χ2v) is 31.7. The van der Waals surface area contributed by atoms with Crippen molar-refractivity contribution in [3.05, 3.63) is 247 Å². The maximum atomic E-state index is 12.7. The average Bonchev–Trinajstić information content (AvgIpc) is 0.689. The summed E-state index contributed by atoms with van der Waals surface area (Å²) in [6, 6.07) is 59.8. The smallest absolute Gasteiger partial charge is 0.262 e. The SMILES string of the molecule is CCCC(=O)c1ccc(O)cc1.CCCC(=O)c1ccc(OCC(OCC)OCC)cc1.CCCC(N)c1ccc(OCC(OCC)OCC)cc1.CCCC(NC(=O)/C(C#N)=C/c1cccc(Br)n1)c1ccc(OCC(C)OCC)cc1.CCCC(NC(=O)/C(C#N)=C/c1cccc(Br)n1)c1ccc(OCC=O)cc1.CCCC(NC(=O)CC#N)c1ccc(OCC(OCC)OCC)cc1. The number of ether oxygens (including phenoxy) is 12. The number of nitrogens with zero attached hydrogens (tertiary/aromatic N) is 5. The second-order valence-electron chi connectivity index (χ2n) is 30.1. The normalized spacial score (nSPS) is 11.9. The van der Waals surface area contributed by atoms with Crippen LogP contribution in [0.4, 0.5) is 0 Å². The topological polar surface area (TPSA) is 393 Å². The van der Waals surface area contributed by atoms with Gasteiger partial charge in [0.05, 0.1) is 41.7 Å². The maximum absolute atomic E-state index is 12.7.